The Balaban J connectivity index is -0.000000125. The molecule has 13 heavy (non-hydrogen) atoms. The molecule has 0 amide bonds. The number of carbonyl (C=O) groups is 1. The Morgan fingerprint density at radius 3 is 1.31 bits per heavy atom. The van der Waals surface area contributed by atoms with E-state index in [0.717, 1.165) is 0 Å². The van der Waals surface area contributed by atoms with E-state index in [4.69, 9.17) is 10.2 Å². The second kappa shape index (κ2) is 22.6. The van der Waals surface area contributed by atoms with Crippen LogP contribution in [0.4, 0.5) is 0 Å². The number of aliphatic hydroxyl groups excluding tert-OH is 2. The lowest BCUT2D eigenvalue weighted by atomic mass is 10.3. The van der Waals surface area contributed by atoms with Crippen LogP contribution in [0.2, 0.25) is 0 Å². The molecule has 2 N–H and O–H groups in total. The number of aliphatic hydroxyl groups is 2. The van der Waals surface area contributed by atoms with Crippen molar-refractivity contribution in [3.8, 4) is 0 Å². The number of hydrogen-bond acceptors (Lipinski definition) is 4. The molecule has 0 spiro atoms. The molecule has 0 aromatic rings. The van der Waals surface area contributed by atoms with E-state index in [-0.39, 0.29) is 13.2 Å². The zero-order valence-electron chi connectivity index (χ0n) is 9.04. The van der Waals surface area contributed by atoms with Gasteiger partial charge in [0.25, 0.3) is 0 Å². The Morgan fingerprint density at radius 2 is 1.31 bits per heavy atom. The summed E-state index contributed by atoms with van der Waals surface area (Å²) in [4.78, 5) is 10.2. The second-order valence-corrected chi connectivity index (χ2v) is 2.10. The molecule has 0 fully saturated rings. The summed E-state index contributed by atoms with van der Waals surface area (Å²) < 4.78 is 4.25. The Labute approximate surface area is 80.5 Å². The molecule has 0 atom stereocenters. The van der Waals surface area contributed by atoms with Crippen molar-refractivity contribution in [1.29, 1.82) is 0 Å². The van der Waals surface area contributed by atoms with Crippen LogP contribution in [0.25, 0.3) is 0 Å². The van der Waals surface area contributed by atoms with Gasteiger partial charge in [-0.1, -0.05) is 13.8 Å². The minimum absolute atomic E-state index is 0.125. The number of ether oxygens (including phenoxy) is 1. The summed E-state index contributed by atoms with van der Waals surface area (Å²) in [5.74, 6) is 0.343. The van der Waals surface area contributed by atoms with Crippen molar-refractivity contribution in [3.05, 3.63) is 0 Å². The van der Waals surface area contributed by atoms with Gasteiger partial charge in [0.1, 0.15) is 5.78 Å². The number of carbonyl (C=O) groups excluding carboxylic acids is 1. The number of ketones is 1. The van der Waals surface area contributed by atoms with Crippen LogP contribution in [-0.2, 0) is 9.53 Å². The second-order valence-electron chi connectivity index (χ2n) is 2.10. The lowest BCUT2D eigenvalue weighted by Crippen LogP contribution is -1.88. The predicted molar refractivity (Wildman–Crippen MR) is 52.7 cm³/mol. The van der Waals surface area contributed by atoms with Gasteiger partial charge in [0, 0.05) is 27.1 Å². The molecular formula is C9H22O4. The predicted octanol–water partition coefficient (Wildman–Crippen LogP) is 0.609. The zero-order chi connectivity index (χ0) is 11.1. The van der Waals surface area contributed by atoms with Gasteiger partial charge in [0.15, 0.2) is 0 Å². The maximum Gasteiger partial charge on any atom is 0.132 e. The first kappa shape index (κ1) is 18.4. The SMILES string of the molecule is CCC(=O)CC.COC.OCCO. The highest BCUT2D eigenvalue weighted by Crippen LogP contribution is 1.83. The van der Waals surface area contributed by atoms with Crippen molar-refractivity contribution >= 4 is 5.78 Å². The van der Waals surface area contributed by atoms with Crippen LogP contribution in [0.3, 0.4) is 0 Å². The Hall–Kier alpha value is -0.450. The van der Waals surface area contributed by atoms with Crippen molar-refractivity contribution in [3.63, 3.8) is 0 Å². The van der Waals surface area contributed by atoms with Crippen LogP contribution in [0.1, 0.15) is 26.7 Å². The largest absolute Gasteiger partial charge is 0.394 e. The minimum atomic E-state index is -0.125. The molecule has 0 bridgehead atoms. The summed E-state index contributed by atoms with van der Waals surface area (Å²) in [6.45, 7) is 3.51. The smallest absolute Gasteiger partial charge is 0.132 e. The van der Waals surface area contributed by atoms with Crippen LogP contribution in [0.15, 0.2) is 0 Å². The summed E-state index contributed by atoms with van der Waals surface area (Å²) in [7, 11) is 3.25. The lowest BCUT2D eigenvalue weighted by Gasteiger charge is -1.81. The highest BCUT2D eigenvalue weighted by molar-refractivity contribution is 5.77. The van der Waals surface area contributed by atoms with E-state index in [1.54, 1.807) is 14.2 Å². The number of methoxy groups -OCH3 is 1. The van der Waals surface area contributed by atoms with Crippen molar-refractivity contribution in [2.75, 3.05) is 27.4 Å². The third-order valence-corrected chi connectivity index (χ3v) is 0.889. The van der Waals surface area contributed by atoms with Crippen molar-refractivity contribution < 1.29 is 19.7 Å². The summed E-state index contributed by atoms with van der Waals surface area (Å²) in [6, 6.07) is 0. The Kier molecular flexibility index (Phi) is 31.8. The van der Waals surface area contributed by atoms with Gasteiger partial charge >= 0.3 is 0 Å². The molecule has 4 nitrogen and oxygen atoms in total. The molecule has 0 saturated heterocycles. The van der Waals surface area contributed by atoms with Gasteiger partial charge < -0.3 is 14.9 Å². The quantitative estimate of drug-likeness (QED) is 0.690. The molecule has 0 aliphatic carbocycles. The molecule has 0 rings (SSSR count). The minimum Gasteiger partial charge on any atom is -0.394 e. The van der Waals surface area contributed by atoms with Crippen molar-refractivity contribution in [1.82, 2.24) is 0 Å². The maximum atomic E-state index is 10.2. The molecular weight excluding hydrogens is 172 g/mol. The fourth-order valence-corrected chi connectivity index (χ4v) is 0.250. The first-order chi connectivity index (χ1) is 6.14. The molecule has 4 heteroatoms. The van der Waals surface area contributed by atoms with Crippen LogP contribution in [-0.4, -0.2) is 43.4 Å². The lowest BCUT2D eigenvalue weighted by molar-refractivity contribution is -0.118. The topological polar surface area (TPSA) is 66.8 Å². The van der Waals surface area contributed by atoms with Crippen LogP contribution < -0.4 is 0 Å². The normalized spacial score (nSPS) is 7.54. The van der Waals surface area contributed by atoms with E-state index in [2.05, 4.69) is 4.74 Å². The molecule has 0 aliphatic rings. The first-order valence-corrected chi connectivity index (χ1v) is 4.27. The summed E-state index contributed by atoms with van der Waals surface area (Å²) in [5.41, 5.74) is 0. The Bertz CT molecular complexity index is 75.7. The monoisotopic (exact) mass is 194 g/mol. The molecule has 0 radical (unpaired) electrons. The van der Waals surface area contributed by atoms with Gasteiger partial charge in [-0.15, -0.1) is 0 Å². The van der Waals surface area contributed by atoms with Crippen LogP contribution in [0.5, 0.6) is 0 Å². The summed E-state index contributed by atoms with van der Waals surface area (Å²) in [6.07, 6.45) is 1.38. The van der Waals surface area contributed by atoms with E-state index in [1.165, 1.54) is 0 Å². The van der Waals surface area contributed by atoms with Crippen LogP contribution >= 0.6 is 0 Å². The van der Waals surface area contributed by atoms with Gasteiger partial charge in [-0.3, -0.25) is 4.79 Å². The number of Topliss-reactive ketones (excluding diaryl/α,β-unsaturated/α-hetero) is 1. The summed E-state index contributed by atoms with van der Waals surface area (Å²) >= 11 is 0. The molecule has 0 aliphatic heterocycles. The van der Waals surface area contributed by atoms with Gasteiger partial charge in [-0.25, -0.2) is 0 Å². The molecule has 0 aromatic carbocycles. The molecule has 82 valence electrons. The van der Waals surface area contributed by atoms with E-state index in [0.29, 0.717) is 18.6 Å². The average Bonchev–Trinajstić information content (AvgIpc) is 2.18. The van der Waals surface area contributed by atoms with Gasteiger partial charge in [0.2, 0.25) is 0 Å². The third-order valence-electron chi connectivity index (χ3n) is 0.889. The molecule has 0 unspecified atom stereocenters. The van der Waals surface area contributed by atoms with Gasteiger partial charge in [-0.05, 0) is 0 Å². The van der Waals surface area contributed by atoms with E-state index in [9.17, 15) is 4.79 Å². The fourth-order valence-electron chi connectivity index (χ4n) is 0.250. The average molecular weight is 194 g/mol. The molecule has 0 saturated carbocycles. The highest BCUT2D eigenvalue weighted by atomic mass is 16.4. The first-order valence-electron chi connectivity index (χ1n) is 4.27. The van der Waals surface area contributed by atoms with E-state index in [1.807, 2.05) is 13.8 Å². The standard InChI is InChI=1S/C5H10O.C2H6O2.C2H6O/c1-3-5(6)4-2;3-1-2-4;1-3-2/h3-4H2,1-2H3;3-4H,1-2H2;1-2H3. The van der Waals surface area contributed by atoms with Crippen molar-refractivity contribution in [2.24, 2.45) is 0 Å². The molecule has 0 heterocycles. The fraction of sp³-hybridized carbons (Fsp3) is 0.889. The van der Waals surface area contributed by atoms with E-state index < -0.39 is 0 Å². The van der Waals surface area contributed by atoms with Crippen LogP contribution in [0, 0.1) is 0 Å². The third kappa shape index (κ3) is 50.9. The number of rotatable bonds is 3. The Morgan fingerprint density at radius 1 is 1.08 bits per heavy atom. The van der Waals surface area contributed by atoms with Crippen molar-refractivity contribution in [2.45, 2.75) is 26.7 Å². The highest BCUT2D eigenvalue weighted by Gasteiger charge is 1.86. The number of hydrogen-bond donors (Lipinski definition) is 2. The maximum absolute atomic E-state index is 10.2. The van der Waals surface area contributed by atoms with Gasteiger partial charge in [-0.2, -0.15) is 0 Å². The summed E-state index contributed by atoms with van der Waals surface area (Å²) in [5, 5.41) is 15.2. The molecule has 0 aromatic heterocycles. The van der Waals surface area contributed by atoms with E-state index >= 15 is 0 Å². The van der Waals surface area contributed by atoms with Gasteiger partial charge in [0.05, 0.1) is 13.2 Å². The zero-order valence-corrected chi connectivity index (χ0v) is 9.04.